The number of H-pyrrole nitrogens is 1. The van der Waals surface area contributed by atoms with Crippen molar-refractivity contribution in [2.24, 2.45) is 5.50 Å². The van der Waals surface area contributed by atoms with Crippen LogP contribution in [0.25, 0.3) is 11.2 Å². The van der Waals surface area contributed by atoms with Crippen LogP contribution in [-0.4, -0.2) is 59.5 Å². The molecule has 2 aromatic rings. The molecule has 3 rings (SSSR count). The van der Waals surface area contributed by atoms with Gasteiger partial charge < -0.3 is 30.1 Å². The molecule has 3 heterocycles. The Morgan fingerprint density at radius 3 is 2.91 bits per heavy atom. The molecule has 2 aromatic heterocycles. The van der Waals surface area contributed by atoms with Crippen molar-refractivity contribution in [2.45, 2.75) is 24.5 Å². The summed E-state index contributed by atoms with van der Waals surface area (Å²) in [6, 6.07) is 0. The highest BCUT2D eigenvalue weighted by Crippen LogP contribution is 2.32. The van der Waals surface area contributed by atoms with Crippen molar-refractivity contribution >= 4 is 25.6 Å². The summed E-state index contributed by atoms with van der Waals surface area (Å²) in [5, 5.41) is 20.2. The van der Waals surface area contributed by atoms with Crippen LogP contribution in [0.1, 0.15) is 6.23 Å². The Morgan fingerprint density at radius 2 is 2.22 bits per heavy atom. The molecule has 1 aliphatic heterocycles. The quantitative estimate of drug-likeness (QED) is 0.322. The minimum Gasteiger partial charge on any atom is -0.387 e. The number of nitrogens with two attached hydrogens (primary N) is 2. The minimum absolute atomic E-state index is 0.0185. The van der Waals surface area contributed by atoms with E-state index in [2.05, 4.69) is 15.0 Å². The normalized spacial score (nSPS) is 29.2. The number of hydrogen-bond acceptors (Lipinski definition) is 10. The third kappa shape index (κ3) is 2.93. The highest BCUT2D eigenvalue weighted by atomic mass is 31.2. The number of ether oxygens (including phenoxy) is 1. The van der Waals surface area contributed by atoms with E-state index in [1.165, 1.54) is 10.9 Å². The lowest BCUT2D eigenvalue weighted by Gasteiger charge is -2.16. The number of aliphatic hydroxyl groups excluding tert-OH is 2. The molecular formula is C10H15N6O6P. The number of hydrogen-bond donors (Lipinski definition) is 6. The van der Waals surface area contributed by atoms with E-state index in [1.54, 1.807) is 0 Å². The molecule has 12 nitrogen and oxygen atoms in total. The van der Waals surface area contributed by atoms with Crippen LogP contribution in [0.3, 0.4) is 0 Å². The topological polar surface area (TPSA) is 195 Å². The van der Waals surface area contributed by atoms with Crippen LogP contribution in [0.5, 0.6) is 0 Å². The molecular weight excluding hydrogens is 331 g/mol. The first-order valence-electron chi connectivity index (χ1n) is 6.49. The summed E-state index contributed by atoms with van der Waals surface area (Å²) in [6.45, 7) is -0.212. The van der Waals surface area contributed by atoms with Crippen LogP contribution in [0, 0.1) is 0 Å². The zero-order valence-electron chi connectivity index (χ0n) is 11.6. The Hall–Kier alpha value is -1.66. The van der Waals surface area contributed by atoms with E-state index in [4.69, 9.17) is 25.4 Å². The predicted octanol–water partition coefficient (Wildman–Crippen LogP) is -2.48. The average Bonchev–Trinajstić information content (AvgIpc) is 3.00. The van der Waals surface area contributed by atoms with Crippen molar-refractivity contribution in [1.29, 1.82) is 0 Å². The first-order chi connectivity index (χ1) is 10.9. The van der Waals surface area contributed by atoms with E-state index in [1.807, 2.05) is 0 Å². The first kappa shape index (κ1) is 16.2. The molecule has 0 aromatic carbocycles. The number of nitrogen functional groups attached to an aromatic ring is 1. The van der Waals surface area contributed by atoms with E-state index in [9.17, 15) is 15.0 Å². The maximum absolute atomic E-state index is 11.8. The Kier molecular flexibility index (Phi) is 4.29. The van der Waals surface area contributed by atoms with Crippen LogP contribution in [0.4, 0.5) is 5.95 Å². The van der Waals surface area contributed by atoms with Gasteiger partial charge in [-0.1, -0.05) is 0 Å². The van der Waals surface area contributed by atoms with Gasteiger partial charge in [-0.3, -0.25) is 19.8 Å². The minimum atomic E-state index is -2.11. The molecule has 126 valence electrons. The predicted molar refractivity (Wildman–Crippen MR) is 77.8 cm³/mol. The second-order valence-corrected chi connectivity index (χ2v) is 5.78. The van der Waals surface area contributed by atoms with Gasteiger partial charge in [0.2, 0.25) is 14.5 Å². The summed E-state index contributed by atoms with van der Waals surface area (Å²) in [7, 11) is -2.11. The number of fused-ring (bicyclic) bond motifs is 1. The molecule has 1 fully saturated rings. The van der Waals surface area contributed by atoms with Crippen molar-refractivity contribution in [3.05, 3.63) is 16.7 Å². The molecule has 0 radical (unpaired) electrons. The van der Waals surface area contributed by atoms with E-state index in [0.717, 1.165) is 0 Å². The maximum Gasteiger partial charge on any atom is 0.280 e. The number of aromatic amines is 1. The van der Waals surface area contributed by atoms with Gasteiger partial charge in [-0.05, 0) is 0 Å². The van der Waals surface area contributed by atoms with Gasteiger partial charge in [-0.25, -0.2) is 4.98 Å². The van der Waals surface area contributed by atoms with Gasteiger partial charge in [0.15, 0.2) is 17.4 Å². The van der Waals surface area contributed by atoms with Crippen LogP contribution < -0.4 is 16.8 Å². The van der Waals surface area contributed by atoms with Crippen LogP contribution >= 0.6 is 8.53 Å². The summed E-state index contributed by atoms with van der Waals surface area (Å²) in [5.74, 6) is -0.119. The van der Waals surface area contributed by atoms with Gasteiger partial charge in [-0.2, -0.15) is 4.98 Å². The molecule has 5 atom stereocenters. The number of imidazole rings is 1. The summed E-state index contributed by atoms with van der Waals surface area (Å²) >= 11 is 0. The number of aromatic nitrogens is 4. The molecule has 0 spiro atoms. The van der Waals surface area contributed by atoms with Crippen molar-refractivity contribution in [1.82, 2.24) is 19.5 Å². The maximum atomic E-state index is 11.8. The highest BCUT2D eigenvalue weighted by Gasteiger charge is 2.44. The van der Waals surface area contributed by atoms with Gasteiger partial charge in [0.25, 0.3) is 5.56 Å². The SMILES string of the molecule is Nc1nc2c(ncn2[C@@H]2O[C@H](COP(N)O)[C@@H](O)[C@H]2O)c(=O)[nH]1. The smallest absolute Gasteiger partial charge is 0.280 e. The Bertz CT molecular complexity index is 764. The second kappa shape index (κ2) is 6.09. The molecule has 8 N–H and O–H groups in total. The number of nitrogens with zero attached hydrogens (tertiary/aromatic N) is 3. The summed E-state index contributed by atoms with van der Waals surface area (Å²) in [6.07, 6.45) is -3.34. The lowest BCUT2D eigenvalue weighted by atomic mass is 10.1. The Balaban J connectivity index is 1.91. The Labute approximate surface area is 129 Å². The van der Waals surface area contributed by atoms with Gasteiger partial charge in [0.05, 0.1) is 12.9 Å². The molecule has 0 saturated carbocycles. The van der Waals surface area contributed by atoms with Crippen molar-refractivity contribution in [3.8, 4) is 0 Å². The standard InChI is InChI=1S/C10H15N6O6P/c11-10-14-7-4(8(19)15-10)13-2-16(7)9-6(18)5(17)3(22-9)1-21-23(12)20/h2-3,5-6,9,17-18,20H,1,12H2,(H3,11,14,15,19)/t3-,5-,6-,9-,23?/m1/s1. The Morgan fingerprint density at radius 1 is 1.48 bits per heavy atom. The largest absolute Gasteiger partial charge is 0.387 e. The van der Waals surface area contributed by atoms with Crippen molar-refractivity contribution < 1.29 is 24.4 Å². The number of nitrogens with one attached hydrogen (secondary N) is 1. The third-order valence-electron chi connectivity index (χ3n) is 3.43. The first-order valence-corrected chi connectivity index (χ1v) is 7.77. The van der Waals surface area contributed by atoms with E-state index >= 15 is 0 Å². The molecule has 23 heavy (non-hydrogen) atoms. The van der Waals surface area contributed by atoms with Gasteiger partial charge in [0.1, 0.15) is 18.3 Å². The molecule has 1 aliphatic rings. The molecule has 0 aliphatic carbocycles. The summed E-state index contributed by atoms with van der Waals surface area (Å²) < 4.78 is 11.6. The fourth-order valence-electron chi connectivity index (χ4n) is 2.38. The zero-order chi connectivity index (χ0) is 16.7. The molecule has 1 saturated heterocycles. The van der Waals surface area contributed by atoms with Crippen LogP contribution in [0.15, 0.2) is 11.1 Å². The molecule has 0 amide bonds. The number of aliphatic hydroxyl groups is 2. The van der Waals surface area contributed by atoms with Gasteiger partial charge in [-0.15, -0.1) is 0 Å². The van der Waals surface area contributed by atoms with E-state index < -0.39 is 38.6 Å². The van der Waals surface area contributed by atoms with Crippen molar-refractivity contribution in [2.75, 3.05) is 12.3 Å². The third-order valence-corrected chi connectivity index (χ3v) is 3.85. The fraction of sp³-hybridized carbons (Fsp3) is 0.500. The fourth-order valence-corrected chi connectivity index (χ4v) is 2.68. The van der Waals surface area contributed by atoms with Gasteiger partial charge >= 0.3 is 0 Å². The van der Waals surface area contributed by atoms with E-state index in [0.29, 0.717) is 0 Å². The van der Waals surface area contributed by atoms with Crippen molar-refractivity contribution in [3.63, 3.8) is 0 Å². The lowest BCUT2D eigenvalue weighted by Crippen LogP contribution is -2.33. The second-order valence-electron chi connectivity index (χ2n) is 4.92. The summed E-state index contributed by atoms with van der Waals surface area (Å²) in [4.78, 5) is 30.9. The zero-order valence-corrected chi connectivity index (χ0v) is 12.5. The molecule has 1 unspecified atom stereocenters. The number of rotatable bonds is 4. The van der Waals surface area contributed by atoms with E-state index in [-0.39, 0.29) is 23.7 Å². The highest BCUT2D eigenvalue weighted by molar-refractivity contribution is 7.43. The summed E-state index contributed by atoms with van der Waals surface area (Å²) in [5.41, 5.74) is 10.2. The van der Waals surface area contributed by atoms with Gasteiger partial charge in [0, 0.05) is 0 Å². The number of anilines is 1. The van der Waals surface area contributed by atoms with Crippen LogP contribution in [0.2, 0.25) is 0 Å². The molecule has 13 heteroatoms. The monoisotopic (exact) mass is 346 g/mol. The lowest BCUT2D eigenvalue weighted by molar-refractivity contribution is -0.0472. The average molecular weight is 346 g/mol. The van der Waals surface area contributed by atoms with Crippen LogP contribution in [-0.2, 0) is 9.26 Å². The molecule has 0 bridgehead atoms.